The highest BCUT2D eigenvalue weighted by Gasteiger charge is 2.18. The largest absolute Gasteiger partial charge is 0.316 e. The fourth-order valence-electron chi connectivity index (χ4n) is 2.34. The highest BCUT2D eigenvalue weighted by Crippen LogP contribution is 2.27. The van der Waals surface area contributed by atoms with Crippen molar-refractivity contribution < 1.29 is 0 Å². The molecule has 0 bridgehead atoms. The van der Waals surface area contributed by atoms with Gasteiger partial charge in [0.25, 0.3) is 0 Å². The highest BCUT2D eigenvalue weighted by atomic mass is 35.5. The second-order valence-corrected chi connectivity index (χ2v) is 4.98. The van der Waals surface area contributed by atoms with E-state index >= 15 is 0 Å². The molecule has 0 radical (unpaired) electrons. The van der Waals surface area contributed by atoms with E-state index in [1.54, 1.807) is 0 Å². The minimum Gasteiger partial charge on any atom is -0.316 e. The highest BCUT2D eigenvalue weighted by molar-refractivity contribution is 6.30. The van der Waals surface area contributed by atoms with Gasteiger partial charge in [-0.1, -0.05) is 30.7 Å². The van der Waals surface area contributed by atoms with Crippen molar-refractivity contribution in [2.24, 2.45) is 5.92 Å². The van der Waals surface area contributed by atoms with Crippen molar-refractivity contribution in [3.05, 3.63) is 34.9 Å². The second-order valence-electron chi connectivity index (χ2n) is 4.55. The van der Waals surface area contributed by atoms with Gasteiger partial charge in [-0.2, -0.15) is 0 Å². The van der Waals surface area contributed by atoms with Crippen LogP contribution in [0.4, 0.5) is 0 Å². The van der Waals surface area contributed by atoms with Crippen LogP contribution in [0.1, 0.15) is 31.2 Å². The lowest BCUT2D eigenvalue weighted by atomic mass is 9.90. The fourth-order valence-corrected chi connectivity index (χ4v) is 2.47. The van der Waals surface area contributed by atoms with Crippen LogP contribution in [0.15, 0.2) is 24.3 Å². The van der Waals surface area contributed by atoms with Crippen LogP contribution in [0, 0.1) is 5.92 Å². The van der Waals surface area contributed by atoms with E-state index in [2.05, 4.69) is 24.4 Å². The van der Waals surface area contributed by atoms with Gasteiger partial charge >= 0.3 is 0 Å². The third-order valence-corrected chi connectivity index (χ3v) is 3.54. The Bertz CT molecular complexity index is 301. The van der Waals surface area contributed by atoms with Gasteiger partial charge in [0.15, 0.2) is 0 Å². The van der Waals surface area contributed by atoms with Crippen molar-refractivity contribution in [3.8, 4) is 0 Å². The number of rotatable bonds is 3. The van der Waals surface area contributed by atoms with Crippen molar-refractivity contribution >= 4 is 11.6 Å². The molecule has 2 unspecified atom stereocenters. The Labute approximate surface area is 96.8 Å². The molecule has 1 N–H and O–H groups in total. The molecule has 0 aromatic heterocycles. The van der Waals surface area contributed by atoms with Gasteiger partial charge in [0.05, 0.1) is 0 Å². The van der Waals surface area contributed by atoms with E-state index in [0.29, 0.717) is 5.92 Å². The Kier molecular flexibility index (Phi) is 3.66. The molecule has 0 aliphatic carbocycles. The summed E-state index contributed by atoms with van der Waals surface area (Å²) in [5.74, 6) is 1.50. The summed E-state index contributed by atoms with van der Waals surface area (Å²) in [5, 5.41) is 4.24. The molecule has 2 atom stereocenters. The number of nitrogens with one attached hydrogen (secondary N) is 1. The molecular weight excluding hydrogens is 206 g/mol. The van der Waals surface area contributed by atoms with E-state index in [-0.39, 0.29) is 0 Å². The summed E-state index contributed by atoms with van der Waals surface area (Å²) in [6.07, 6.45) is 2.62. The molecule has 1 aliphatic heterocycles. The van der Waals surface area contributed by atoms with Gasteiger partial charge < -0.3 is 5.32 Å². The third kappa shape index (κ3) is 2.96. The lowest BCUT2D eigenvalue weighted by Gasteiger charge is -2.16. The topological polar surface area (TPSA) is 12.0 Å². The summed E-state index contributed by atoms with van der Waals surface area (Å²) in [6, 6.07) is 8.27. The fraction of sp³-hybridized carbons (Fsp3) is 0.538. The smallest absolute Gasteiger partial charge is 0.0406 e. The van der Waals surface area contributed by atoms with Crippen LogP contribution in [0.5, 0.6) is 0 Å². The summed E-state index contributed by atoms with van der Waals surface area (Å²) in [5.41, 5.74) is 1.41. The van der Waals surface area contributed by atoms with Crippen LogP contribution in [-0.4, -0.2) is 13.1 Å². The standard InChI is InChI=1S/C13H18ClN/c1-10(8-11-6-7-15-9-11)12-2-4-13(14)5-3-12/h2-5,10-11,15H,6-9H2,1H3. The van der Waals surface area contributed by atoms with Crippen LogP contribution in [-0.2, 0) is 0 Å². The Balaban J connectivity index is 1.94. The maximum atomic E-state index is 5.88. The maximum absolute atomic E-state index is 5.88. The molecule has 2 rings (SSSR count). The summed E-state index contributed by atoms with van der Waals surface area (Å²) in [7, 11) is 0. The van der Waals surface area contributed by atoms with Crippen LogP contribution < -0.4 is 5.32 Å². The predicted molar refractivity (Wildman–Crippen MR) is 65.5 cm³/mol. The molecule has 1 nitrogen and oxygen atoms in total. The van der Waals surface area contributed by atoms with Gasteiger partial charge in [-0.3, -0.25) is 0 Å². The Morgan fingerprint density at radius 1 is 1.40 bits per heavy atom. The number of hydrogen-bond donors (Lipinski definition) is 1. The molecule has 15 heavy (non-hydrogen) atoms. The van der Waals surface area contributed by atoms with Crippen molar-refractivity contribution in [2.75, 3.05) is 13.1 Å². The molecule has 1 heterocycles. The molecule has 0 saturated carbocycles. The first-order valence-corrected chi connectivity index (χ1v) is 6.09. The average molecular weight is 224 g/mol. The van der Waals surface area contributed by atoms with E-state index < -0.39 is 0 Å². The lowest BCUT2D eigenvalue weighted by molar-refractivity contribution is 0.484. The summed E-state index contributed by atoms with van der Waals surface area (Å²) in [6.45, 7) is 4.69. The number of halogens is 1. The Hall–Kier alpha value is -0.530. The quantitative estimate of drug-likeness (QED) is 0.828. The Morgan fingerprint density at radius 2 is 2.13 bits per heavy atom. The van der Waals surface area contributed by atoms with Crippen molar-refractivity contribution in [1.82, 2.24) is 5.32 Å². The zero-order valence-corrected chi connectivity index (χ0v) is 9.93. The first kappa shape index (κ1) is 11.0. The van der Waals surface area contributed by atoms with Crippen LogP contribution in [0.25, 0.3) is 0 Å². The zero-order valence-electron chi connectivity index (χ0n) is 9.17. The SMILES string of the molecule is CC(CC1CCNC1)c1ccc(Cl)cc1. The van der Waals surface area contributed by atoms with Gasteiger partial charge in [-0.15, -0.1) is 0 Å². The van der Waals surface area contributed by atoms with Crippen molar-refractivity contribution in [3.63, 3.8) is 0 Å². The lowest BCUT2D eigenvalue weighted by Crippen LogP contribution is -2.10. The zero-order chi connectivity index (χ0) is 10.7. The minimum absolute atomic E-state index is 0.646. The van der Waals surface area contributed by atoms with E-state index in [1.807, 2.05) is 12.1 Å². The van der Waals surface area contributed by atoms with Crippen LogP contribution >= 0.6 is 11.6 Å². The third-order valence-electron chi connectivity index (χ3n) is 3.29. The van der Waals surface area contributed by atoms with Crippen molar-refractivity contribution in [2.45, 2.75) is 25.7 Å². The molecule has 0 spiro atoms. The summed E-state index contributed by atoms with van der Waals surface area (Å²) in [4.78, 5) is 0. The van der Waals surface area contributed by atoms with Gasteiger partial charge in [0, 0.05) is 5.02 Å². The van der Waals surface area contributed by atoms with E-state index in [0.717, 1.165) is 10.9 Å². The monoisotopic (exact) mass is 223 g/mol. The van der Waals surface area contributed by atoms with E-state index in [1.165, 1.54) is 31.5 Å². The molecule has 82 valence electrons. The molecule has 2 heteroatoms. The average Bonchev–Trinajstić information content (AvgIpc) is 2.71. The van der Waals surface area contributed by atoms with Gasteiger partial charge in [0.1, 0.15) is 0 Å². The second kappa shape index (κ2) is 5.00. The molecule has 1 aromatic rings. The molecule has 1 aromatic carbocycles. The van der Waals surface area contributed by atoms with Gasteiger partial charge in [-0.05, 0) is 55.5 Å². The Morgan fingerprint density at radius 3 is 2.73 bits per heavy atom. The van der Waals surface area contributed by atoms with Crippen molar-refractivity contribution in [1.29, 1.82) is 0 Å². The molecule has 1 fully saturated rings. The van der Waals surface area contributed by atoms with Gasteiger partial charge in [0.2, 0.25) is 0 Å². The minimum atomic E-state index is 0.646. The van der Waals surface area contributed by atoms with E-state index in [4.69, 9.17) is 11.6 Å². The molecule has 1 saturated heterocycles. The number of benzene rings is 1. The van der Waals surface area contributed by atoms with Gasteiger partial charge in [-0.25, -0.2) is 0 Å². The first-order chi connectivity index (χ1) is 7.25. The summed E-state index contributed by atoms with van der Waals surface area (Å²) < 4.78 is 0. The maximum Gasteiger partial charge on any atom is 0.0406 e. The first-order valence-electron chi connectivity index (χ1n) is 5.72. The molecule has 1 aliphatic rings. The molecular formula is C13H18ClN. The number of hydrogen-bond acceptors (Lipinski definition) is 1. The predicted octanol–water partition coefficient (Wildman–Crippen LogP) is 3.44. The van der Waals surface area contributed by atoms with E-state index in [9.17, 15) is 0 Å². The van der Waals surface area contributed by atoms with Crippen LogP contribution in [0.2, 0.25) is 5.02 Å². The molecule has 0 amide bonds. The normalized spacial score (nSPS) is 22.9. The van der Waals surface area contributed by atoms with Crippen LogP contribution in [0.3, 0.4) is 0 Å². The summed E-state index contributed by atoms with van der Waals surface area (Å²) >= 11 is 5.88.